The van der Waals surface area contributed by atoms with Crippen molar-refractivity contribution in [1.82, 2.24) is 10.2 Å². The van der Waals surface area contributed by atoms with Gasteiger partial charge in [-0.25, -0.2) is 9.59 Å². The molecule has 0 unspecified atom stereocenters. The van der Waals surface area contributed by atoms with Crippen LogP contribution in [0.15, 0.2) is 35.0 Å². The third kappa shape index (κ3) is 4.42. The first kappa shape index (κ1) is 19.5. The van der Waals surface area contributed by atoms with E-state index in [-0.39, 0.29) is 18.0 Å². The van der Waals surface area contributed by atoms with Gasteiger partial charge in [0.2, 0.25) is 0 Å². The number of nitrogens with one attached hydrogen (secondary N) is 1. The molecule has 1 aromatic carbocycles. The number of benzene rings is 1. The Labute approximate surface area is 158 Å². The summed E-state index contributed by atoms with van der Waals surface area (Å²) in [6.45, 7) is 5.20. The van der Waals surface area contributed by atoms with Crippen molar-refractivity contribution >= 4 is 39.9 Å². The number of imide groups is 1. The molecule has 1 fully saturated rings. The Kier molecular flexibility index (Phi) is 6.40. The van der Waals surface area contributed by atoms with Gasteiger partial charge in [-0.15, -0.1) is 6.58 Å². The van der Waals surface area contributed by atoms with Crippen LogP contribution < -0.4 is 14.8 Å². The fourth-order valence-corrected chi connectivity index (χ4v) is 2.82. The van der Waals surface area contributed by atoms with Crippen LogP contribution in [-0.4, -0.2) is 47.7 Å². The Balaban J connectivity index is 2.35. The molecule has 26 heavy (non-hydrogen) atoms. The monoisotopic (exact) mass is 424 g/mol. The maximum Gasteiger partial charge on any atom is 0.341 e. The van der Waals surface area contributed by atoms with Gasteiger partial charge in [0.05, 0.1) is 11.1 Å². The Bertz CT molecular complexity index is 790. The molecule has 2 rings (SSSR count). The Hall–Kier alpha value is -2.81. The van der Waals surface area contributed by atoms with Crippen LogP contribution in [0.25, 0.3) is 6.08 Å². The molecule has 1 aliphatic heterocycles. The summed E-state index contributed by atoms with van der Waals surface area (Å²) in [5, 5.41) is 11.3. The molecule has 0 spiro atoms. The van der Waals surface area contributed by atoms with Crippen molar-refractivity contribution in [1.29, 1.82) is 0 Å². The molecule has 138 valence electrons. The quantitative estimate of drug-likeness (QED) is 0.377. The van der Waals surface area contributed by atoms with Crippen molar-refractivity contribution < 1.29 is 29.0 Å². The Morgan fingerprint density at radius 3 is 2.73 bits per heavy atom. The Morgan fingerprint density at radius 2 is 2.12 bits per heavy atom. The minimum Gasteiger partial charge on any atom is -0.490 e. The number of hydrogen-bond donors (Lipinski definition) is 2. The summed E-state index contributed by atoms with van der Waals surface area (Å²) < 4.78 is 11.2. The Morgan fingerprint density at radius 1 is 1.38 bits per heavy atom. The second kappa shape index (κ2) is 8.52. The summed E-state index contributed by atoms with van der Waals surface area (Å²) in [5.41, 5.74) is 0.678. The van der Waals surface area contributed by atoms with Gasteiger partial charge in [-0.1, -0.05) is 6.08 Å². The maximum absolute atomic E-state index is 12.2. The van der Waals surface area contributed by atoms with Crippen LogP contribution in [0.3, 0.4) is 0 Å². The zero-order chi connectivity index (χ0) is 19.3. The molecule has 8 nitrogen and oxygen atoms in total. The van der Waals surface area contributed by atoms with Gasteiger partial charge in [-0.3, -0.25) is 9.69 Å². The van der Waals surface area contributed by atoms with E-state index in [0.29, 0.717) is 22.4 Å². The zero-order valence-electron chi connectivity index (χ0n) is 14.0. The van der Waals surface area contributed by atoms with Crippen LogP contribution in [0, 0.1) is 0 Å². The molecule has 0 radical (unpaired) electrons. The SMILES string of the molecule is C=CCN1C(=O)N/C(=C/c2cc(Br)c(OCC(=O)O)c(OCC)c2)C1=O. The van der Waals surface area contributed by atoms with Crippen LogP contribution >= 0.6 is 15.9 Å². The van der Waals surface area contributed by atoms with Gasteiger partial charge in [-0.05, 0) is 46.6 Å². The molecular weight excluding hydrogens is 408 g/mol. The van der Waals surface area contributed by atoms with Crippen molar-refractivity contribution in [3.63, 3.8) is 0 Å². The lowest BCUT2D eigenvalue weighted by atomic mass is 10.1. The summed E-state index contributed by atoms with van der Waals surface area (Å²) in [5.74, 6) is -1.02. The average molecular weight is 425 g/mol. The minimum absolute atomic E-state index is 0.109. The lowest BCUT2D eigenvalue weighted by Crippen LogP contribution is -2.30. The normalized spacial score (nSPS) is 15.2. The van der Waals surface area contributed by atoms with E-state index in [1.54, 1.807) is 19.1 Å². The number of aliphatic carboxylic acids is 1. The number of amides is 3. The standard InChI is InChI=1S/C17H17BrN2O6/c1-3-5-20-16(23)12(19-17(20)24)7-10-6-11(18)15(26-9-14(21)22)13(8-10)25-4-2/h3,6-8H,1,4-5,9H2,2H3,(H,19,24)(H,21,22)/b12-7+. The molecule has 2 N–H and O–H groups in total. The molecule has 9 heteroatoms. The predicted molar refractivity (Wildman–Crippen MR) is 96.9 cm³/mol. The van der Waals surface area contributed by atoms with Crippen molar-refractivity contribution in [3.8, 4) is 11.5 Å². The van der Waals surface area contributed by atoms with E-state index in [0.717, 1.165) is 4.90 Å². The highest BCUT2D eigenvalue weighted by molar-refractivity contribution is 9.10. The molecule has 0 aliphatic carbocycles. The minimum atomic E-state index is -1.12. The largest absolute Gasteiger partial charge is 0.490 e. The molecular formula is C17H17BrN2O6. The summed E-state index contributed by atoms with van der Waals surface area (Å²) in [4.78, 5) is 35.8. The number of carboxylic acids is 1. The van der Waals surface area contributed by atoms with Gasteiger partial charge in [0.1, 0.15) is 5.70 Å². The number of halogens is 1. The second-order valence-electron chi connectivity index (χ2n) is 5.14. The van der Waals surface area contributed by atoms with Gasteiger partial charge >= 0.3 is 12.0 Å². The number of carboxylic acid groups (broad SMARTS) is 1. The smallest absolute Gasteiger partial charge is 0.341 e. The third-order valence-electron chi connectivity index (χ3n) is 3.26. The lowest BCUT2D eigenvalue weighted by molar-refractivity contribution is -0.139. The summed E-state index contributed by atoms with van der Waals surface area (Å²) >= 11 is 3.31. The van der Waals surface area contributed by atoms with Crippen molar-refractivity contribution in [2.45, 2.75) is 6.92 Å². The fraction of sp³-hybridized carbons (Fsp3) is 0.235. The molecule has 0 aromatic heterocycles. The highest BCUT2D eigenvalue weighted by Crippen LogP contribution is 2.37. The van der Waals surface area contributed by atoms with Crippen LogP contribution in [0.1, 0.15) is 12.5 Å². The maximum atomic E-state index is 12.2. The topological polar surface area (TPSA) is 105 Å². The number of rotatable bonds is 8. The first-order valence-corrected chi connectivity index (χ1v) is 8.43. The van der Waals surface area contributed by atoms with Crippen LogP contribution in [0.4, 0.5) is 4.79 Å². The van der Waals surface area contributed by atoms with Crippen molar-refractivity contribution in [2.24, 2.45) is 0 Å². The fourth-order valence-electron chi connectivity index (χ4n) is 2.24. The molecule has 1 aliphatic rings. The van der Waals surface area contributed by atoms with E-state index in [1.165, 1.54) is 12.2 Å². The van der Waals surface area contributed by atoms with Gasteiger partial charge in [0.15, 0.2) is 18.1 Å². The van der Waals surface area contributed by atoms with E-state index >= 15 is 0 Å². The molecule has 1 heterocycles. The highest BCUT2D eigenvalue weighted by Gasteiger charge is 2.32. The predicted octanol–water partition coefficient (Wildman–Crippen LogP) is 2.39. The highest BCUT2D eigenvalue weighted by atomic mass is 79.9. The van der Waals surface area contributed by atoms with Gasteiger partial charge in [-0.2, -0.15) is 0 Å². The van der Waals surface area contributed by atoms with Crippen LogP contribution in [-0.2, 0) is 9.59 Å². The first-order valence-electron chi connectivity index (χ1n) is 7.63. The second-order valence-corrected chi connectivity index (χ2v) is 5.99. The van der Waals surface area contributed by atoms with Crippen LogP contribution in [0.2, 0.25) is 0 Å². The van der Waals surface area contributed by atoms with Crippen LogP contribution in [0.5, 0.6) is 11.5 Å². The molecule has 1 saturated heterocycles. The van der Waals surface area contributed by atoms with E-state index in [1.807, 2.05) is 0 Å². The molecule has 3 amide bonds. The average Bonchev–Trinajstić information content (AvgIpc) is 2.82. The van der Waals surface area contributed by atoms with Crippen molar-refractivity contribution in [3.05, 3.63) is 40.5 Å². The number of nitrogens with zero attached hydrogens (tertiary/aromatic N) is 1. The van der Waals surface area contributed by atoms with Gasteiger partial charge < -0.3 is 19.9 Å². The van der Waals surface area contributed by atoms with E-state index in [4.69, 9.17) is 14.6 Å². The van der Waals surface area contributed by atoms with Gasteiger partial charge in [0.25, 0.3) is 5.91 Å². The molecule has 0 saturated carbocycles. The number of urea groups is 1. The molecule has 1 aromatic rings. The van der Waals surface area contributed by atoms with E-state index in [2.05, 4.69) is 27.8 Å². The number of carbonyl (C=O) groups is 3. The molecule has 0 atom stereocenters. The van der Waals surface area contributed by atoms with E-state index in [9.17, 15) is 14.4 Å². The van der Waals surface area contributed by atoms with Crippen molar-refractivity contribution in [2.75, 3.05) is 19.8 Å². The summed E-state index contributed by atoms with van der Waals surface area (Å²) in [6.07, 6.45) is 2.95. The summed E-state index contributed by atoms with van der Waals surface area (Å²) in [7, 11) is 0. The zero-order valence-corrected chi connectivity index (χ0v) is 15.5. The number of ether oxygens (including phenoxy) is 2. The first-order chi connectivity index (χ1) is 12.4. The molecule has 0 bridgehead atoms. The lowest BCUT2D eigenvalue weighted by Gasteiger charge is -2.13. The van der Waals surface area contributed by atoms with Gasteiger partial charge in [0, 0.05) is 6.54 Å². The number of hydrogen-bond acceptors (Lipinski definition) is 5. The van der Waals surface area contributed by atoms with E-state index < -0.39 is 24.5 Å². The summed E-state index contributed by atoms with van der Waals surface area (Å²) in [6, 6.07) is 2.70. The number of carbonyl (C=O) groups excluding carboxylic acids is 2. The third-order valence-corrected chi connectivity index (χ3v) is 3.85.